The highest BCUT2D eigenvalue weighted by Gasteiger charge is 2.14. The molecule has 1 aromatic carbocycles. The van der Waals surface area contributed by atoms with Crippen molar-refractivity contribution in [1.82, 2.24) is 4.98 Å². The molecule has 6 heteroatoms. The maximum atomic E-state index is 12.6. The summed E-state index contributed by atoms with van der Waals surface area (Å²) in [7, 11) is 0. The van der Waals surface area contributed by atoms with E-state index in [1.54, 1.807) is 24.4 Å². The van der Waals surface area contributed by atoms with E-state index in [4.69, 9.17) is 9.47 Å². The molecule has 1 aromatic heterocycles. The van der Waals surface area contributed by atoms with Gasteiger partial charge in [0.05, 0.1) is 0 Å². The third kappa shape index (κ3) is 4.63. The lowest BCUT2D eigenvalue weighted by Crippen LogP contribution is -2.16. The van der Waals surface area contributed by atoms with Crippen molar-refractivity contribution in [2.24, 2.45) is 0 Å². The Hall–Kier alpha value is -3.02. The van der Waals surface area contributed by atoms with Gasteiger partial charge in [0.25, 0.3) is 5.91 Å². The molecule has 0 radical (unpaired) electrons. The number of nitrogens with one attached hydrogen (secondary N) is 2. The molecule has 0 bridgehead atoms. The van der Waals surface area contributed by atoms with Gasteiger partial charge in [-0.25, -0.2) is 4.98 Å². The van der Waals surface area contributed by atoms with Crippen molar-refractivity contribution in [1.29, 1.82) is 0 Å². The smallest absolute Gasteiger partial charge is 0.255 e. The van der Waals surface area contributed by atoms with Crippen molar-refractivity contribution in [3.63, 3.8) is 0 Å². The van der Waals surface area contributed by atoms with E-state index in [2.05, 4.69) is 21.7 Å². The molecular weight excluding hydrogens is 354 g/mol. The van der Waals surface area contributed by atoms with Crippen molar-refractivity contribution < 1.29 is 14.3 Å². The van der Waals surface area contributed by atoms with Crippen LogP contribution < -0.4 is 20.1 Å². The summed E-state index contributed by atoms with van der Waals surface area (Å²) in [5.74, 6) is 1.88. The van der Waals surface area contributed by atoms with Gasteiger partial charge >= 0.3 is 0 Å². The Bertz CT molecular complexity index is 879. The van der Waals surface area contributed by atoms with E-state index < -0.39 is 0 Å². The SMILES string of the molecule is O=C(Nc1ccc2c(c1)OCCO2)c1ccnc(NCCC2=CCCCC2)c1. The molecule has 0 saturated heterocycles. The number of anilines is 2. The van der Waals surface area contributed by atoms with Crippen molar-refractivity contribution >= 4 is 17.4 Å². The van der Waals surface area contributed by atoms with Gasteiger partial charge in [-0.1, -0.05) is 11.6 Å². The summed E-state index contributed by atoms with van der Waals surface area (Å²) in [6, 6.07) is 8.89. The van der Waals surface area contributed by atoms with Gasteiger partial charge in [-0.3, -0.25) is 4.79 Å². The summed E-state index contributed by atoms with van der Waals surface area (Å²) >= 11 is 0. The van der Waals surface area contributed by atoms with Crippen LogP contribution in [0.2, 0.25) is 0 Å². The molecule has 28 heavy (non-hydrogen) atoms. The largest absolute Gasteiger partial charge is 0.486 e. The topological polar surface area (TPSA) is 72.5 Å². The maximum Gasteiger partial charge on any atom is 0.255 e. The molecule has 0 saturated carbocycles. The number of hydrogen-bond donors (Lipinski definition) is 2. The van der Waals surface area contributed by atoms with Gasteiger partial charge in [0, 0.05) is 30.1 Å². The van der Waals surface area contributed by atoms with Crippen LogP contribution in [0.1, 0.15) is 42.5 Å². The zero-order valence-corrected chi connectivity index (χ0v) is 15.9. The number of aromatic nitrogens is 1. The summed E-state index contributed by atoms with van der Waals surface area (Å²) in [6.45, 7) is 1.88. The fourth-order valence-electron chi connectivity index (χ4n) is 3.48. The van der Waals surface area contributed by atoms with Gasteiger partial charge in [0.15, 0.2) is 11.5 Å². The van der Waals surface area contributed by atoms with Crippen molar-refractivity contribution in [2.45, 2.75) is 32.1 Å². The number of nitrogens with zero attached hydrogens (tertiary/aromatic N) is 1. The predicted molar refractivity (Wildman–Crippen MR) is 109 cm³/mol. The highest BCUT2D eigenvalue weighted by atomic mass is 16.6. The Labute approximate surface area is 165 Å². The van der Waals surface area contributed by atoms with Crippen LogP contribution in [0, 0.1) is 0 Å². The van der Waals surface area contributed by atoms with E-state index in [9.17, 15) is 4.79 Å². The van der Waals surface area contributed by atoms with Crippen molar-refractivity contribution in [2.75, 3.05) is 30.4 Å². The minimum atomic E-state index is -0.183. The molecule has 0 unspecified atom stereocenters. The zero-order chi connectivity index (χ0) is 19.2. The first-order valence-corrected chi connectivity index (χ1v) is 9.87. The van der Waals surface area contributed by atoms with E-state index in [0.717, 1.165) is 13.0 Å². The van der Waals surface area contributed by atoms with Crippen LogP contribution >= 0.6 is 0 Å². The van der Waals surface area contributed by atoms with Gasteiger partial charge in [-0.2, -0.15) is 0 Å². The number of allylic oxidation sites excluding steroid dienone is 1. The Morgan fingerprint density at radius 3 is 2.82 bits per heavy atom. The Morgan fingerprint density at radius 1 is 1.07 bits per heavy atom. The number of ether oxygens (including phenoxy) is 2. The number of hydrogen-bond acceptors (Lipinski definition) is 5. The monoisotopic (exact) mass is 379 g/mol. The van der Waals surface area contributed by atoms with Crippen molar-refractivity contribution in [3.8, 4) is 11.5 Å². The Balaban J connectivity index is 1.35. The summed E-state index contributed by atoms with van der Waals surface area (Å²) in [6.07, 6.45) is 10.0. The van der Waals surface area contributed by atoms with Gasteiger partial charge in [0.2, 0.25) is 0 Å². The van der Waals surface area contributed by atoms with Crippen LogP contribution in [0.25, 0.3) is 0 Å². The molecule has 2 heterocycles. The van der Waals surface area contributed by atoms with Gasteiger partial charge in [-0.15, -0.1) is 0 Å². The minimum absolute atomic E-state index is 0.183. The number of fused-ring (bicyclic) bond motifs is 1. The van der Waals surface area contributed by atoms with Gasteiger partial charge in [-0.05, 0) is 56.4 Å². The molecule has 0 fully saturated rings. The van der Waals surface area contributed by atoms with Crippen molar-refractivity contribution in [3.05, 3.63) is 53.7 Å². The maximum absolute atomic E-state index is 12.6. The van der Waals surface area contributed by atoms with Crippen LogP contribution in [0.15, 0.2) is 48.2 Å². The molecule has 1 aliphatic heterocycles. The van der Waals surface area contributed by atoms with E-state index in [1.165, 1.54) is 31.3 Å². The van der Waals surface area contributed by atoms with Crippen LogP contribution in [-0.2, 0) is 0 Å². The van der Waals surface area contributed by atoms with Crippen LogP contribution in [0.3, 0.4) is 0 Å². The standard InChI is InChI=1S/C22H25N3O3/c26-22(25-18-6-7-19-20(15-18)28-13-12-27-19)17-9-11-24-21(14-17)23-10-8-16-4-2-1-3-5-16/h4,6-7,9,11,14-15H,1-3,5,8,10,12-13H2,(H,23,24)(H,25,26). The average molecular weight is 379 g/mol. The second-order valence-electron chi connectivity index (χ2n) is 7.03. The normalized spacial score (nSPS) is 15.5. The number of amides is 1. The number of rotatable bonds is 6. The number of benzene rings is 1. The van der Waals surface area contributed by atoms with E-state index >= 15 is 0 Å². The lowest BCUT2D eigenvalue weighted by atomic mass is 9.97. The Kier molecular flexibility index (Phi) is 5.75. The van der Waals surface area contributed by atoms with E-state index in [-0.39, 0.29) is 5.91 Å². The molecule has 6 nitrogen and oxygen atoms in total. The fraction of sp³-hybridized carbons (Fsp3) is 0.364. The second kappa shape index (κ2) is 8.78. The highest BCUT2D eigenvalue weighted by Crippen LogP contribution is 2.32. The molecule has 1 amide bonds. The Morgan fingerprint density at radius 2 is 1.96 bits per heavy atom. The summed E-state index contributed by atoms with van der Waals surface area (Å²) in [5, 5.41) is 6.23. The first kappa shape index (κ1) is 18.3. The molecule has 2 aromatic rings. The number of carbonyl (C=O) groups excluding carboxylic acids is 1. The lowest BCUT2D eigenvalue weighted by Gasteiger charge is -2.19. The van der Waals surface area contributed by atoms with Gasteiger partial charge < -0.3 is 20.1 Å². The zero-order valence-electron chi connectivity index (χ0n) is 15.9. The number of carbonyl (C=O) groups is 1. The summed E-state index contributed by atoms with van der Waals surface area (Å²) in [5.41, 5.74) is 2.75. The molecule has 4 rings (SSSR count). The van der Waals surface area contributed by atoms with Gasteiger partial charge in [0.1, 0.15) is 19.0 Å². The number of pyridine rings is 1. The molecule has 0 atom stereocenters. The first-order valence-electron chi connectivity index (χ1n) is 9.87. The minimum Gasteiger partial charge on any atom is -0.486 e. The van der Waals surface area contributed by atoms with E-state index in [1.807, 2.05) is 12.1 Å². The molecule has 2 N–H and O–H groups in total. The quantitative estimate of drug-likeness (QED) is 0.728. The molecule has 0 spiro atoms. The van der Waals surface area contributed by atoms with Crippen LogP contribution in [0.4, 0.5) is 11.5 Å². The van der Waals surface area contributed by atoms with E-state index in [0.29, 0.717) is 41.8 Å². The molecule has 146 valence electrons. The molecule has 1 aliphatic carbocycles. The fourth-order valence-corrected chi connectivity index (χ4v) is 3.48. The predicted octanol–water partition coefficient (Wildman–Crippen LogP) is 4.41. The third-order valence-electron chi connectivity index (χ3n) is 4.96. The highest BCUT2D eigenvalue weighted by molar-refractivity contribution is 6.04. The average Bonchev–Trinajstić information content (AvgIpc) is 2.75. The molecular formula is C22H25N3O3. The first-order chi connectivity index (χ1) is 13.8. The summed E-state index contributed by atoms with van der Waals surface area (Å²) < 4.78 is 11.1. The van der Waals surface area contributed by atoms with Crippen LogP contribution in [-0.4, -0.2) is 30.6 Å². The lowest BCUT2D eigenvalue weighted by molar-refractivity contribution is 0.102. The summed E-state index contributed by atoms with van der Waals surface area (Å²) in [4.78, 5) is 16.9. The second-order valence-corrected chi connectivity index (χ2v) is 7.03. The molecule has 2 aliphatic rings. The van der Waals surface area contributed by atoms with Crippen LogP contribution in [0.5, 0.6) is 11.5 Å². The third-order valence-corrected chi connectivity index (χ3v) is 4.96.